The lowest BCUT2D eigenvalue weighted by molar-refractivity contribution is 0.492. The maximum absolute atomic E-state index is 5.93. The van der Waals surface area contributed by atoms with E-state index in [2.05, 4.69) is 6.58 Å². The van der Waals surface area contributed by atoms with Crippen molar-refractivity contribution in [2.45, 2.75) is 18.4 Å². The number of nitrogens with two attached hydrogens (primary N) is 1. The lowest BCUT2D eigenvalue weighted by atomic mass is 9.94. The molecule has 0 spiro atoms. The normalized spacial score (nSPS) is 25.4. The van der Waals surface area contributed by atoms with E-state index in [0.29, 0.717) is 0 Å². The van der Waals surface area contributed by atoms with Gasteiger partial charge in [-0.25, -0.2) is 0 Å². The molecule has 1 aliphatic heterocycles. The van der Waals surface area contributed by atoms with Gasteiger partial charge in [-0.3, -0.25) is 0 Å². The summed E-state index contributed by atoms with van der Waals surface area (Å²) >= 11 is 1.98. The Balaban J connectivity index is 2.46. The zero-order valence-corrected chi connectivity index (χ0v) is 6.41. The Morgan fingerprint density at radius 3 is 2.33 bits per heavy atom. The van der Waals surface area contributed by atoms with Crippen LogP contribution < -0.4 is 5.73 Å². The average molecular weight is 143 g/mol. The van der Waals surface area contributed by atoms with Crippen LogP contribution in [0.1, 0.15) is 12.8 Å². The van der Waals surface area contributed by atoms with Gasteiger partial charge in [0.25, 0.3) is 0 Å². The molecule has 0 unspecified atom stereocenters. The molecule has 0 radical (unpaired) electrons. The van der Waals surface area contributed by atoms with Crippen molar-refractivity contribution in [1.82, 2.24) is 0 Å². The highest BCUT2D eigenvalue weighted by atomic mass is 32.2. The minimum atomic E-state index is -0.0365. The van der Waals surface area contributed by atoms with E-state index in [-0.39, 0.29) is 5.54 Å². The van der Waals surface area contributed by atoms with Crippen LogP contribution in [0.4, 0.5) is 0 Å². The minimum absolute atomic E-state index is 0.0365. The Bertz CT molecular complexity index is 105. The Morgan fingerprint density at radius 2 is 2.00 bits per heavy atom. The summed E-state index contributed by atoms with van der Waals surface area (Å²) in [6.07, 6.45) is 4.09. The van der Waals surface area contributed by atoms with Gasteiger partial charge in [-0.05, 0) is 24.3 Å². The molecular weight excluding hydrogens is 130 g/mol. The highest BCUT2D eigenvalue weighted by molar-refractivity contribution is 7.99. The molecule has 0 aromatic heterocycles. The quantitative estimate of drug-likeness (QED) is 0.561. The molecule has 1 heterocycles. The lowest BCUT2D eigenvalue weighted by Crippen LogP contribution is -2.40. The number of rotatable bonds is 1. The molecule has 1 rings (SSSR count). The van der Waals surface area contributed by atoms with E-state index >= 15 is 0 Å². The highest BCUT2D eigenvalue weighted by Crippen LogP contribution is 2.24. The van der Waals surface area contributed by atoms with Gasteiger partial charge >= 0.3 is 0 Å². The zero-order valence-electron chi connectivity index (χ0n) is 5.60. The van der Waals surface area contributed by atoms with Gasteiger partial charge in [-0.15, -0.1) is 6.58 Å². The van der Waals surface area contributed by atoms with Gasteiger partial charge in [0.15, 0.2) is 0 Å². The molecule has 52 valence electrons. The molecule has 1 nitrogen and oxygen atoms in total. The maximum atomic E-state index is 5.93. The van der Waals surface area contributed by atoms with Crippen molar-refractivity contribution in [3.05, 3.63) is 12.7 Å². The molecule has 0 aromatic carbocycles. The van der Waals surface area contributed by atoms with Crippen LogP contribution in [0.2, 0.25) is 0 Å². The second-order valence-corrected chi connectivity index (χ2v) is 3.77. The number of thioether (sulfide) groups is 1. The van der Waals surface area contributed by atoms with Gasteiger partial charge < -0.3 is 5.73 Å². The molecular formula is C7H13NS. The van der Waals surface area contributed by atoms with E-state index < -0.39 is 0 Å². The van der Waals surface area contributed by atoms with Crippen LogP contribution in [0.5, 0.6) is 0 Å². The monoisotopic (exact) mass is 143 g/mol. The molecule has 0 aliphatic carbocycles. The average Bonchev–Trinajstić information content (AvgIpc) is 1.90. The molecule has 1 saturated heterocycles. The van der Waals surface area contributed by atoms with Gasteiger partial charge in [0.05, 0.1) is 0 Å². The van der Waals surface area contributed by atoms with Crippen molar-refractivity contribution in [2.24, 2.45) is 5.73 Å². The molecule has 0 aromatic rings. The first kappa shape index (κ1) is 7.16. The molecule has 1 fully saturated rings. The summed E-state index contributed by atoms with van der Waals surface area (Å²) in [7, 11) is 0. The van der Waals surface area contributed by atoms with Gasteiger partial charge in [0.1, 0.15) is 0 Å². The molecule has 0 amide bonds. The van der Waals surface area contributed by atoms with E-state index in [1.54, 1.807) is 0 Å². The predicted octanol–water partition coefficient (Wildman–Crippen LogP) is 1.40. The smallest absolute Gasteiger partial charge is 0.0352 e. The van der Waals surface area contributed by atoms with Crippen molar-refractivity contribution in [3.8, 4) is 0 Å². The number of hydrogen-bond donors (Lipinski definition) is 1. The van der Waals surface area contributed by atoms with Crippen LogP contribution in [0.25, 0.3) is 0 Å². The topological polar surface area (TPSA) is 26.0 Å². The Hall–Kier alpha value is 0.0500. The van der Waals surface area contributed by atoms with Crippen LogP contribution in [0, 0.1) is 0 Å². The third kappa shape index (κ3) is 1.73. The summed E-state index contributed by atoms with van der Waals surface area (Å²) in [6.45, 7) is 3.72. The first-order chi connectivity index (χ1) is 4.27. The van der Waals surface area contributed by atoms with Crippen molar-refractivity contribution in [1.29, 1.82) is 0 Å². The summed E-state index contributed by atoms with van der Waals surface area (Å²) in [5.41, 5.74) is 5.89. The summed E-state index contributed by atoms with van der Waals surface area (Å²) < 4.78 is 0. The second kappa shape index (κ2) is 2.76. The standard InChI is InChI=1S/C7H13NS/c1-2-7(8)3-5-9-6-4-7/h2H,1,3-6,8H2. The molecule has 0 atom stereocenters. The molecule has 9 heavy (non-hydrogen) atoms. The highest BCUT2D eigenvalue weighted by Gasteiger charge is 2.23. The van der Waals surface area contributed by atoms with Gasteiger partial charge in [0, 0.05) is 5.54 Å². The minimum Gasteiger partial charge on any atom is -0.322 e. The lowest BCUT2D eigenvalue weighted by Gasteiger charge is -2.29. The van der Waals surface area contributed by atoms with Gasteiger partial charge in [-0.2, -0.15) is 11.8 Å². The van der Waals surface area contributed by atoms with Crippen LogP contribution >= 0.6 is 11.8 Å². The largest absolute Gasteiger partial charge is 0.322 e. The van der Waals surface area contributed by atoms with Crippen LogP contribution in [0.15, 0.2) is 12.7 Å². The van der Waals surface area contributed by atoms with Crippen molar-refractivity contribution in [3.63, 3.8) is 0 Å². The summed E-state index contributed by atoms with van der Waals surface area (Å²) in [5.74, 6) is 2.39. The molecule has 0 saturated carbocycles. The Morgan fingerprint density at radius 1 is 1.44 bits per heavy atom. The van der Waals surface area contributed by atoms with E-state index in [0.717, 1.165) is 12.8 Å². The first-order valence-electron chi connectivity index (χ1n) is 3.27. The summed E-state index contributed by atoms with van der Waals surface area (Å²) in [4.78, 5) is 0. The fraction of sp³-hybridized carbons (Fsp3) is 0.714. The van der Waals surface area contributed by atoms with Crippen molar-refractivity contribution in [2.75, 3.05) is 11.5 Å². The third-order valence-electron chi connectivity index (χ3n) is 1.83. The van der Waals surface area contributed by atoms with Crippen LogP contribution in [-0.2, 0) is 0 Å². The second-order valence-electron chi connectivity index (χ2n) is 2.55. The van der Waals surface area contributed by atoms with Gasteiger partial charge in [0.2, 0.25) is 0 Å². The summed E-state index contributed by atoms with van der Waals surface area (Å²) in [6, 6.07) is 0. The van der Waals surface area contributed by atoms with Crippen LogP contribution in [0.3, 0.4) is 0 Å². The Labute approximate surface area is 60.7 Å². The SMILES string of the molecule is C=CC1(N)CCSCC1. The molecule has 1 aliphatic rings. The van der Waals surface area contributed by atoms with E-state index in [9.17, 15) is 0 Å². The number of hydrogen-bond acceptors (Lipinski definition) is 2. The van der Waals surface area contributed by atoms with E-state index in [1.165, 1.54) is 11.5 Å². The van der Waals surface area contributed by atoms with E-state index in [4.69, 9.17) is 5.73 Å². The fourth-order valence-corrected chi connectivity index (χ4v) is 2.21. The van der Waals surface area contributed by atoms with E-state index in [1.807, 2.05) is 17.8 Å². The van der Waals surface area contributed by atoms with Crippen molar-refractivity contribution >= 4 is 11.8 Å². The zero-order chi connectivity index (χ0) is 6.74. The molecule has 0 bridgehead atoms. The van der Waals surface area contributed by atoms with Gasteiger partial charge in [-0.1, -0.05) is 6.08 Å². The van der Waals surface area contributed by atoms with Crippen molar-refractivity contribution < 1.29 is 0 Å². The molecule has 2 N–H and O–H groups in total. The predicted molar refractivity (Wildman–Crippen MR) is 43.7 cm³/mol. The maximum Gasteiger partial charge on any atom is 0.0352 e. The Kier molecular flexibility index (Phi) is 2.19. The first-order valence-corrected chi connectivity index (χ1v) is 4.42. The molecule has 2 heteroatoms. The third-order valence-corrected chi connectivity index (χ3v) is 2.82. The fourth-order valence-electron chi connectivity index (χ4n) is 0.956. The summed E-state index contributed by atoms with van der Waals surface area (Å²) in [5, 5.41) is 0. The van der Waals surface area contributed by atoms with Crippen LogP contribution in [-0.4, -0.2) is 17.0 Å².